The molecule has 10 heteroatoms. The molecule has 1 saturated heterocycles. The summed E-state index contributed by atoms with van der Waals surface area (Å²) in [5.74, 6) is 0.811. The van der Waals surface area contributed by atoms with Gasteiger partial charge in [-0.15, -0.1) is 0 Å². The maximum absolute atomic E-state index is 13.5. The zero-order valence-electron chi connectivity index (χ0n) is 24.7. The van der Waals surface area contributed by atoms with Gasteiger partial charge in [-0.3, -0.25) is 4.79 Å². The largest absolute Gasteiger partial charge is 0.493 e. The average molecular weight is 599 g/mol. The highest BCUT2D eigenvalue weighted by molar-refractivity contribution is 7.92. The minimum atomic E-state index is -4.03. The van der Waals surface area contributed by atoms with Crippen molar-refractivity contribution in [2.24, 2.45) is 0 Å². The monoisotopic (exact) mass is 598 g/mol. The molecule has 226 valence electrons. The van der Waals surface area contributed by atoms with Gasteiger partial charge in [-0.1, -0.05) is 37.3 Å². The molecule has 3 aromatic rings. The number of ketones is 1. The molecule has 0 unspecified atom stereocenters. The molecule has 0 bridgehead atoms. The van der Waals surface area contributed by atoms with Crippen LogP contribution in [-0.2, 0) is 26.0 Å². The summed E-state index contributed by atoms with van der Waals surface area (Å²) in [5.41, 5.74) is 2.39. The van der Waals surface area contributed by atoms with Gasteiger partial charge in [0.05, 0.1) is 40.1 Å². The number of sulfone groups is 1. The molecular formula is C32H38O9S. The second-order valence-corrected chi connectivity index (χ2v) is 12.0. The summed E-state index contributed by atoms with van der Waals surface area (Å²) in [7, 11) is 0.634. The van der Waals surface area contributed by atoms with Crippen LogP contribution in [0.15, 0.2) is 59.5 Å². The van der Waals surface area contributed by atoms with Gasteiger partial charge in [0.15, 0.2) is 32.8 Å². The van der Waals surface area contributed by atoms with Crippen LogP contribution in [0.2, 0.25) is 0 Å². The van der Waals surface area contributed by atoms with Crippen LogP contribution < -0.4 is 23.7 Å². The fourth-order valence-electron chi connectivity index (χ4n) is 4.96. The van der Waals surface area contributed by atoms with Gasteiger partial charge in [0.1, 0.15) is 23.0 Å². The number of hydrogen-bond acceptors (Lipinski definition) is 9. The number of carbonyl (C=O) groups excluding carboxylic acids is 1. The zero-order valence-corrected chi connectivity index (χ0v) is 25.5. The third kappa shape index (κ3) is 7.17. The molecule has 1 aliphatic heterocycles. The van der Waals surface area contributed by atoms with E-state index in [1.165, 1.54) is 6.92 Å². The van der Waals surface area contributed by atoms with E-state index in [4.69, 9.17) is 28.4 Å². The van der Waals surface area contributed by atoms with Crippen molar-refractivity contribution < 1.29 is 41.6 Å². The van der Waals surface area contributed by atoms with Crippen molar-refractivity contribution in [2.75, 3.05) is 33.7 Å². The highest BCUT2D eigenvalue weighted by Crippen LogP contribution is 2.48. The van der Waals surface area contributed by atoms with Crippen LogP contribution in [0, 0.1) is 0 Å². The predicted molar refractivity (Wildman–Crippen MR) is 158 cm³/mol. The quantitative estimate of drug-likeness (QED) is 0.220. The Morgan fingerprint density at radius 1 is 0.833 bits per heavy atom. The van der Waals surface area contributed by atoms with Crippen LogP contribution in [0.3, 0.4) is 0 Å². The molecule has 1 fully saturated rings. The first-order chi connectivity index (χ1) is 20.2. The molecule has 1 aliphatic rings. The van der Waals surface area contributed by atoms with E-state index in [0.717, 1.165) is 11.1 Å². The highest BCUT2D eigenvalue weighted by Gasteiger charge is 2.33. The highest BCUT2D eigenvalue weighted by atomic mass is 32.2. The Balaban J connectivity index is 1.74. The third-order valence-corrected chi connectivity index (χ3v) is 8.67. The Morgan fingerprint density at radius 3 is 1.98 bits per heavy atom. The predicted octanol–water partition coefficient (Wildman–Crippen LogP) is 6.04. The van der Waals surface area contributed by atoms with Gasteiger partial charge in [-0.05, 0) is 67.1 Å². The summed E-state index contributed by atoms with van der Waals surface area (Å²) in [6.45, 7) is 3.67. The Labute approximate surface area is 247 Å². The van der Waals surface area contributed by atoms with Crippen molar-refractivity contribution in [1.82, 2.24) is 0 Å². The second-order valence-electron chi connectivity index (χ2n) is 10.1. The minimum absolute atomic E-state index is 0.0773. The van der Waals surface area contributed by atoms with Gasteiger partial charge in [0.2, 0.25) is 5.75 Å². The molecule has 0 radical (unpaired) electrons. The Kier molecular flexibility index (Phi) is 10.3. The average Bonchev–Trinajstić information content (AvgIpc) is 3.48. The first-order valence-electron chi connectivity index (χ1n) is 13.9. The number of ether oxygens (including phenoxy) is 6. The van der Waals surface area contributed by atoms with Crippen molar-refractivity contribution in [2.45, 2.75) is 56.8 Å². The van der Waals surface area contributed by atoms with E-state index < -0.39 is 27.5 Å². The Hall–Kier alpha value is -3.76. The molecule has 0 spiro atoms. The molecule has 4 rings (SSSR count). The van der Waals surface area contributed by atoms with E-state index >= 15 is 0 Å². The van der Waals surface area contributed by atoms with Gasteiger partial charge in [-0.25, -0.2) is 8.42 Å². The number of Topliss-reactive ketones (excluding diaryl/α,β-unsaturated/α-hetero) is 1. The molecular weight excluding hydrogens is 560 g/mol. The van der Waals surface area contributed by atoms with E-state index in [1.54, 1.807) is 33.5 Å². The first kappa shape index (κ1) is 31.2. The van der Waals surface area contributed by atoms with Crippen molar-refractivity contribution in [1.29, 1.82) is 0 Å². The fraction of sp³-hybridized carbons (Fsp3) is 0.406. The van der Waals surface area contributed by atoms with Crippen LogP contribution >= 0.6 is 0 Å². The molecule has 0 amide bonds. The summed E-state index contributed by atoms with van der Waals surface area (Å²) >= 11 is 0. The summed E-state index contributed by atoms with van der Waals surface area (Å²) in [6.07, 6.45) is 1.23. The van der Waals surface area contributed by atoms with Crippen molar-refractivity contribution in [3.8, 4) is 28.7 Å². The van der Waals surface area contributed by atoms with E-state index in [0.29, 0.717) is 42.1 Å². The maximum atomic E-state index is 13.5. The molecule has 0 aliphatic carbocycles. The maximum Gasteiger partial charge on any atom is 0.203 e. The van der Waals surface area contributed by atoms with Crippen LogP contribution in [0.1, 0.15) is 62.0 Å². The first-order valence-corrected chi connectivity index (χ1v) is 15.5. The third-order valence-electron chi connectivity index (χ3n) is 6.91. The van der Waals surface area contributed by atoms with Crippen LogP contribution in [0.5, 0.6) is 28.7 Å². The molecule has 3 aromatic carbocycles. The van der Waals surface area contributed by atoms with Crippen molar-refractivity contribution >= 4 is 15.6 Å². The number of benzene rings is 3. The second kappa shape index (κ2) is 13.9. The summed E-state index contributed by atoms with van der Waals surface area (Å²) in [4.78, 5) is 11.9. The molecule has 0 N–H and O–H groups in total. The molecule has 2 atom stereocenters. The normalized spacial score (nSPS) is 16.6. The lowest BCUT2D eigenvalue weighted by Gasteiger charge is -2.21. The topological polar surface area (TPSA) is 107 Å². The van der Waals surface area contributed by atoms with E-state index in [9.17, 15) is 13.2 Å². The molecule has 42 heavy (non-hydrogen) atoms. The smallest absolute Gasteiger partial charge is 0.203 e. The van der Waals surface area contributed by atoms with Gasteiger partial charge >= 0.3 is 0 Å². The standard InChI is InChI=1S/C32H38O9S/c1-6-14-39-32-29(40-19-22-10-8-7-9-11-22)17-24(18-30(32)42(34,35)20-21(2)33)26-13-12-25(41-26)23-15-27(36-3)31(38-5)28(16-23)37-4/h7-11,15-18,25-26H,6,12-14,19-20H2,1-5H3/t25-,26-/m1/s1. The van der Waals surface area contributed by atoms with Crippen LogP contribution in [0.25, 0.3) is 0 Å². The lowest BCUT2D eigenvalue weighted by atomic mass is 10.0. The molecule has 0 saturated carbocycles. The molecule has 9 nitrogen and oxygen atoms in total. The summed E-state index contributed by atoms with van der Waals surface area (Å²) in [6, 6.07) is 16.6. The SMILES string of the molecule is CCCOc1c(OCc2ccccc2)cc([C@H]2CC[C@H](c3cc(OC)c(OC)c(OC)c3)O2)cc1S(=O)(=O)CC(C)=O. The van der Waals surface area contributed by atoms with Gasteiger partial charge in [0, 0.05) is 0 Å². The van der Waals surface area contributed by atoms with Gasteiger partial charge in [0.25, 0.3) is 0 Å². The number of hydrogen-bond donors (Lipinski definition) is 0. The molecule has 1 heterocycles. The number of rotatable bonds is 14. The van der Waals surface area contributed by atoms with Crippen molar-refractivity contribution in [3.63, 3.8) is 0 Å². The van der Waals surface area contributed by atoms with Crippen LogP contribution in [0.4, 0.5) is 0 Å². The summed E-state index contributed by atoms with van der Waals surface area (Å²) in [5, 5.41) is 0. The Bertz CT molecular complexity index is 1460. The fourth-order valence-corrected chi connectivity index (χ4v) is 6.41. The number of methoxy groups -OCH3 is 3. The van der Waals surface area contributed by atoms with E-state index in [1.807, 2.05) is 49.4 Å². The summed E-state index contributed by atoms with van der Waals surface area (Å²) < 4.78 is 62.0. The van der Waals surface area contributed by atoms with E-state index in [-0.39, 0.29) is 35.7 Å². The lowest BCUT2D eigenvalue weighted by molar-refractivity contribution is -0.114. The zero-order chi connectivity index (χ0) is 30.3. The van der Waals surface area contributed by atoms with Gasteiger partial charge in [-0.2, -0.15) is 0 Å². The van der Waals surface area contributed by atoms with Crippen LogP contribution in [-0.4, -0.2) is 47.9 Å². The molecule has 0 aromatic heterocycles. The Morgan fingerprint density at radius 2 is 1.43 bits per heavy atom. The number of carbonyl (C=O) groups is 1. The van der Waals surface area contributed by atoms with Gasteiger partial charge < -0.3 is 28.4 Å². The van der Waals surface area contributed by atoms with Crippen molar-refractivity contribution in [3.05, 3.63) is 71.3 Å². The minimum Gasteiger partial charge on any atom is -0.493 e. The lowest BCUT2D eigenvalue weighted by Crippen LogP contribution is -2.16. The van der Waals surface area contributed by atoms with E-state index in [2.05, 4.69) is 0 Å².